The van der Waals surface area contributed by atoms with Gasteiger partial charge in [-0.3, -0.25) is 4.79 Å². The van der Waals surface area contributed by atoms with Gasteiger partial charge in [0, 0.05) is 13.0 Å². The lowest BCUT2D eigenvalue weighted by molar-refractivity contribution is -0.126. The average Bonchev–Trinajstić information content (AvgIpc) is 3.04. The highest BCUT2D eigenvalue weighted by Gasteiger charge is 2.25. The van der Waals surface area contributed by atoms with Crippen LogP contribution in [0, 0.1) is 5.92 Å². The maximum atomic E-state index is 12.2. The van der Waals surface area contributed by atoms with E-state index in [0.29, 0.717) is 13.2 Å². The Morgan fingerprint density at radius 2 is 2.14 bits per heavy atom. The Balaban J connectivity index is 1.44. The first-order chi connectivity index (χ1) is 10.3. The molecule has 4 heteroatoms. The molecule has 0 spiro atoms. The second-order valence-electron chi connectivity index (χ2n) is 5.29. The summed E-state index contributed by atoms with van der Waals surface area (Å²) in [5.74, 6) is 1.84. The van der Waals surface area contributed by atoms with E-state index < -0.39 is 0 Å². The molecule has 0 aliphatic carbocycles. The summed E-state index contributed by atoms with van der Waals surface area (Å²) in [6, 6.07) is 11.7. The van der Waals surface area contributed by atoms with Crippen LogP contribution in [0.4, 0.5) is 0 Å². The van der Waals surface area contributed by atoms with Crippen molar-refractivity contribution in [2.75, 3.05) is 13.2 Å². The number of hydrogen-bond donors (Lipinski definition) is 1. The number of fused-ring (bicyclic) bond motifs is 1. The first-order valence-corrected chi connectivity index (χ1v) is 7.34. The normalized spacial score (nSPS) is 16.9. The molecule has 110 valence electrons. The van der Waals surface area contributed by atoms with Crippen molar-refractivity contribution in [2.45, 2.75) is 19.3 Å². The third-order valence-corrected chi connectivity index (χ3v) is 3.73. The molecule has 0 unspecified atom stereocenters. The molecule has 0 saturated carbocycles. The third kappa shape index (κ3) is 3.45. The Morgan fingerprint density at radius 3 is 3.00 bits per heavy atom. The van der Waals surface area contributed by atoms with Crippen LogP contribution in [0.25, 0.3) is 0 Å². The van der Waals surface area contributed by atoms with E-state index >= 15 is 0 Å². The topological polar surface area (TPSA) is 51.5 Å². The van der Waals surface area contributed by atoms with Gasteiger partial charge >= 0.3 is 0 Å². The van der Waals surface area contributed by atoms with Gasteiger partial charge in [-0.25, -0.2) is 0 Å². The molecular weight excluding hydrogens is 266 g/mol. The number of amides is 1. The molecular formula is C17H19NO3. The molecule has 1 amide bonds. The first-order valence-electron chi connectivity index (χ1n) is 7.34. The molecule has 3 rings (SSSR count). The van der Waals surface area contributed by atoms with Crippen LogP contribution >= 0.6 is 0 Å². The highest BCUT2D eigenvalue weighted by molar-refractivity contribution is 5.79. The fraction of sp³-hybridized carbons (Fsp3) is 0.353. The molecule has 1 aromatic carbocycles. The van der Waals surface area contributed by atoms with Gasteiger partial charge < -0.3 is 14.5 Å². The van der Waals surface area contributed by atoms with Crippen LogP contribution in [0.5, 0.6) is 5.75 Å². The fourth-order valence-corrected chi connectivity index (χ4v) is 2.57. The quantitative estimate of drug-likeness (QED) is 0.859. The predicted octanol–water partition coefficient (Wildman–Crippen LogP) is 2.58. The summed E-state index contributed by atoms with van der Waals surface area (Å²) in [6.45, 7) is 1.12. The van der Waals surface area contributed by atoms with E-state index in [4.69, 9.17) is 9.15 Å². The van der Waals surface area contributed by atoms with Crippen molar-refractivity contribution in [2.24, 2.45) is 5.92 Å². The van der Waals surface area contributed by atoms with Crippen LogP contribution in [0.1, 0.15) is 17.7 Å². The van der Waals surface area contributed by atoms with Gasteiger partial charge in [0.1, 0.15) is 18.1 Å². The summed E-state index contributed by atoms with van der Waals surface area (Å²) in [6.07, 6.45) is 4.14. The van der Waals surface area contributed by atoms with Crippen LogP contribution in [-0.2, 0) is 17.6 Å². The molecule has 2 aromatic rings. The summed E-state index contributed by atoms with van der Waals surface area (Å²) >= 11 is 0. The smallest absolute Gasteiger partial charge is 0.226 e. The lowest BCUT2D eigenvalue weighted by Crippen LogP contribution is -2.37. The predicted molar refractivity (Wildman–Crippen MR) is 79.2 cm³/mol. The molecule has 0 bridgehead atoms. The van der Waals surface area contributed by atoms with Crippen molar-refractivity contribution in [1.82, 2.24) is 5.32 Å². The number of carbonyl (C=O) groups excluding carboxylic acids is 1. The van der Waals surface area contributed by atoms with E-state index in [-0.39, 0.29) is 11.8 Å². The maximum Gasteiger partial charge on any atom is 0.226 e. The van der Waals surface area contributed by atoms with E-state index in [1.807, 2.05) is 36.4 Å². The number of furan rings is 1. The summed E-state index contributed by atoms with van der Waals surface area (Å²) in [5.41, 5.74) is 1.11. The van der Waals surface area contributed by atoms with E-state index in [0.717, 1.165) is 36.3 Å². The molecule has 0 saturated heterocycles. The van der Waals surface area contributed by atoms with Crippen molar-refractivity contribution >= 4 is 5.91 Å². The molecule has 0 radical (unpaired) electrons. The van der Waals surface area contributed by atoms with Gasteiger partial charge in [0.2, 0.25) is 5.91 Å². The molecule has 1 aliphatic rings. The monoisotopic (exact) mass is 285 g/mol. The number of benzene rings is 1. The molecule has 1 aliphatic heterocycles. The summed E-state index contributed by atoms with van der Waals surface area (Å²) in [7, 11) is 0. The number of para-hydroxylation sites is 1. The number of aryl methyl sites for hydroxylation is 1. The maximum absolute atomic E-state index is 12.2. The van der Waals surface area contributed by atoms with E-state index in [1.165, 1.54) is 0 Å². The molecule has 21 heavy (non-hydrogen) atoms. The summed E-state index contributed by atoms with van der Waals surface area (Å²) < 4.78 is 10.9. The fourth-order valence-electron chi connectivity index (χ4n) is 2.57. The largest absolute Gasteiger partial charge is 0.492 e. The zero-order chi connectivity index (χ0) is 14.5. The Kier molecular flexibility index (Phi) is 4.24. The lowest BCUT2D eigenvalue weighted by Gasteiger charge is -2.24. The van der Waals surface area contributed by atoms with Crippen molar-refractivity contribution in [1.29, 1.82) is 0 Å². The molecule has 0 fully saturated rings. The first kappa shape index (κ1) is 13.7. The third-order valence-electron chi connectivity index (χ3n) is 3.73. The SMILES string of the molecule is O=C(NCCCc1ccco1)[C@H]1COc2ccccc2C1. The van der Waals surface area contributed by atoms with Gasteiger partial charge in [-0.2, -0.15) is 0 Å². The Hall–Kier alpha value is -2.23. The van der Waals surface area contributed by atoms with Gasteiger partial charge in [-0.1, -0.05) is 18.2 Å². The summed E-state index contributed by atoms with van der Waals surface area (Å²) in [4.78, 5) is 12.2. The minimum atomic E-state index is -0.0940. The van der Waals surface area contributed by atoms with Gasteiger partial charge in [-0.05, 0) is 36.6 Å². The molecule has 1 N–H and O–H groups in total. The Bertz CT molecular complexity index is 592. The van der Waals surface area contributed by atoms with Gasteiger partial charge in [0.15, 0.2) is 0 Å². The Morgan fingerprint density at radius 1 is 1.24 bits per heavy atom. The summed E-state index contributed by atoms with van der Waals surface area (Å²) in [5, 5.41) is 2.99. The van der Waals surface area contributed by atoms with Crippen LogP contribution in [0.3, 0.4) is 0 Å². The highest BCUT2D eigenvalue weighted by Crippen LogP contribution is 2.26. The van der Waals surface area contributed by atoms with Crippen molar-refractivity contribution in [3.63, 3.8) is 0 Å². The second-order valence-corrected chi connectivity index (χ2v) is 5.29. The highest BCUT2D eigenvalue weighted by atomic mass is 16.5. The molecule has 1 atom stereocenters. The van der Waals surface area contributed by atoms with Crippen LogP contribution < -0.4 is 10.1 Å². The number of hydrogen-bond acceptors (Lipinski definition) is 3. The zero-order valence-electron chi connectivity index (χ0n) is 11.9. The standard InChI is InChI=1S/C17H19NO3/c19-17(18-9-3-6-15-7-4-10-20-15)14-11-13-5-1-2-8-16(13)21-12-14/h1-2,4-5,7-8,10,14H,3,6,9,11-12H2,(H,18,19)/t14-/m1/s1. The van der Waals surface area contributed by atoms with Crippen LogP contribution in [0.2, 0.25) is 0 Å². The minimum absolute atomic E-state index is 0.0731. The van der Waals surface area contributed by atoms with Gasteiger partial charge in [0.05, 0.1) is 12.2 Å². The zero-order valence-corrected chi connectivity index (χ0v) is 11.9. The van der Waals surface area contributed by atoms with Crippen molar-refractivity contribution in [3.05, 3.63) is 54.0 Å². The minimum Gasteiger partial charge on any atom is -0.492 e. The number of ether oxygens (including phenoxy) is 1. The number of nitrogens with one attached hydrogen (secondary N) is 1. The molecule has 2 heterocycles. The molecule has 4 nitrogen and oxygen atoms in total. The van der Waals surface area contributed by atoms with Crippen LogP contribution in [0.15, 0.2) is 47.1 Å². The Labute approximate surface area is 124 Å². The van der Waals surface area contributed by atoms with Crippen molar-refractivity contribution < 1.29 is 13.9 Å². The van der Waals surface area contributed by atoms with Crippen LogP contribution in [-0.4, -0.2) is 19.1 Å². The van der Waals surface area contributed by atoms with E-state index in [2.05, 4.69) is 5.32 Å². The van der Waals surface area contributed by atoms with Gasteiger partial charge in [-0.15, -0.1) is 0 Å². The second kappa shape index (κ2) is 6.48. The number of rotatable bonds is 5. The molecule has 1 aromatic heterocycles. The van der Waals surface area contributed by atoms with Gasteiger partial charge in [0.25, 0.3) is 0 Å². The van der Waals surface area contributed by atoms with Crippen molar-refractivity contribution in [3.8, 4) is 5.75 Å². The van der Waals surface area contributed by atoms with E-state index in [9.17, 15) is 4.79 Å². The number of carbonyl (C=O) groups is 1. The average molecular weight is 285 g/mol. The van der Waals surface area contributed by atoms with E-state index in [1.54, 1.807) is 6.26 Å². The lowest BCUT2D eigenvalue weighted by atomic mass is 9.96.